The summed E-state index contributed by atoms with van der Waals surface area (Å²) < 4.78 is 0. The molecule has 1 aliphatic carbocycles. The maximum Gasteiger partial charge on any atom is 0.238 e. The van der Waals surface area contributed by atoms with E-state index in [1.165, 1.54) is 0 Å². The van der Waals surface area contributed by atoms with E-state index in [1.807, 2.05) is 38.1 Å². The molecule has 0 spiro atoms. The predicted octanol–water partition coefficient (Wildman–Crippen LogP) is 3.72. The van der Waals surface area contributed by atoms with Crippen LogP contribution in [0.15, 0.2) is 24.3 Å². The third-order valence-corrected chi connectivity index (χ3v) is 4.89. The second-order valence-corrected chi connectivity index (χ2v) is 6.78. The number of benzene rings is 1. The molecule has 2 rings (SSSR count). The number of amides is 1. The van der Waals surface area contributed by atoms with Gasteiger partial charge in [-0.1, -0.05) is 49.1 Å². The van der Waals surface area contributed by atoms with Crippen LogP contribution in [0, 0.1) is 11.3 Å². The summed E-state index contributed by atoms with van der Waals surface area (Å²) in [6.45, 7) is 3.79. The van der Waals surface area contributed by atoms with E-state index in [1.54, 1.807) is 0 Å². The molecule has 124 valence electrons. The van der Waals surface area contributed by atoms with Crippen LogP contribution in [0.2, 0.25) is 5.02 Å². The van der Waals surface area contributed by atoms with Crippen LogP contribution in [0.4, 0.5) is 0 Å². The van der Waals surface area contributed by atoms with Gasteiger partial charge in [0.15, 0.2) is 0 Å². The molecule has 1 fully saturated rings. The zero-order valence-electron chi connectivity index (χ0n) is 13.7. The normalized spacial score (nSPS) is 19.4. The second kappa shape index (κ2) is 7.81. The van der Waals surface area contributed by atoms with Crippen molar-refractivity contribution in [1.82, 2.24) is 10.6 Å². The zero-order valence-corrected chi connectivity index (χ0v) is 14.5. The first-order chi connectivity index (χ1) is 11.0. The number of nitrogens with zero attached hydrogens (tertiary/aromatic N) is 1. The van der Waals surface area contributed by atoms with Gasteiger partial charge in [-0.25, -0.2) is 0 Å². The van der Waals surface area contributed by atoms with Crippen LogP contribution in [-0.2, 0) is 4.79 Å². The third-order valence-electron chi connectivity index (χ3n) is 4.55. The standard InChI is InChI=1S/C18H24ClN3O/c1-13(15-8-4-5-9-16(15)19)21-14(2)17(23)22-18(12-20)10-6-3-7-11-18/h4-5,8-9,13-14,21H,3,6-7,10-11H2,1-2H3,(H,22,23)/t13-,14+/m0/s1. The molecule has 1 aromatic rings. The first kappa shape index (κ1) is 17.8. The lowest BCUT2D eigenvalue weighted by molar-refractivity contribution is -0.124. The van der Waals surface area contributed by atoms with Crippen molar-refractivity contribution in [2.45, 2.75) is 63.6 Å². The van der Waals surface area contributed by atoms with Gasteiger partial charge in [-0.15, -0.1) is 0 Å². The van der Waals surface area contributed by atoms with E-state index in [0.29, 0.717) is 5.02 Å². The first-order valence-corrected chi connectivity index (χ1v) is 8.59. The van der Waals surface area contributed by atoms with E-state index in [2.05, 4.69) is 16.7 Å². The van der Waals surface area contributed by atoms with Gasteiger partial charge in [0, 0.05) is 11.1 Å². The fourth-order valence-electron chi connectivity index (χ4n) is 3.13. The Morgan fingerprint density at radius 2 is 1.91 bits per heavy atom. The minimum absolute atomic E-state index is 0.0474. The Labute approximate surface area is 143 Å². The lowest BCUT2D eigenvalue weighted by atomic mass is 9.82. The van der Waals surface area contributed by atoms with E-state index in [9.17, 15) is 10.1 Å². The van der Waals surface area contributed by atoms with Gasteiger partial charge in [-0.05, 0) is 38.3 Å². The molecule has 4 nitrogen and oxygen atoms in total. The molecule has 0 saturated heterocycles. The van der Waals surface area contributed by atoms with Crippen molar-refractivity contribution in [3.05, 3.63) is 34.9 Å². The first-order valence-electron chi connectivity index (χ1n) is 8.21. The van der Waals surface area contributed by atoms with Gasteiger partial charge in [-0.3, -0.25) is 10.1 Å². The predicted molar refractivity (Wildman–Crippen MR) is 92.0 cm³/mol. The molecule has 1 aromatic carbocycles. The van der Waals surface area contributed by atoms with Crippen LogP contribution in [0.1, 0.15) is 57.6 Å². The molecular weight excluding hydrogens is 310 g/mol. The highest BCUT2D eigenvalue weighted by Crippen LogP contribution is 2.28. The summed E-state index contributed by atoms with van der Waals surface area (Å²) in [5, 5.41) is 16.4. The van der Waals surface area contributed by atoms with Crippen LogP contribution < -0.4 is 10.6 Å². The third kappa shape index (κ3) is 4.46. The smallest absolute Gasteiger partial charge is 0.238 e. The monoisotopic (exact) mass is 333 g/mol. The summed E-state index contributed by atoms with van der Waals surface area (Å²) in [5.74, 6) is -0.132. The molecule has 2 atom stereocenters. The molecule has 0 bridgehead atoms. The Morgan fingerprint density at radius 1 is 1.26 bits per heavy atom. The summed E-state index contributed by atoms with van der Waals surface area (Å²) in [6, 6.07) is 9.47. The average molecular weight is 334 g/mol. The van der Waals surface area contributed by atoms with Crippen LogP contribution in [0.5, 0.6) is 0 Å². The second-order valence-electron chi connectivity index (χ2n) is 6.38. The number of carbonyl (C=O) groups is 1. The minimum Gasteiger partial charge on any atom is -0.336 e. The summed E-state index contributed by atoms with van der Waals surface area (Å²) in [5.41, 5.74) is 0.264. The summed E-state index contributed by atoms with van der Waals surface area (Å²) in [6.07, 6.45) is 4.60. The van der Waals surface area contributed by atoms with Gasteiger partial charge in [0.2, 0.25) is 5.91 Å². The number of hydrogen-bond donors (Lipinski definition) is 2. The van der Waals surface area contributed by atoms with Crippen molar-refractivity contribution in [3.63, 3.8) is 0 Å². The molecule has 0 unspecified atom stereocenters. The fraction of sp³-hybridized carbons (Fsp3) is 0.556. The van der Waals surface area contributed by atoms with E-state index in [0.717, 1.165) is 37.7 Å². The van der Waals surface area contributed by atoms with Crippen molar-refractivity contribution in [3.8, 4) is 6.07 Å². The fourth-order valence-corrected chi connectivity index (χ4v) is 3.43. The topological polar surface area (TPSA) is 64.9 Å². The minimum atomic E-state index is -0.696. The molecule has 0 aliphatic heterocycles. The van der Waals surface area contributed by atoms with Gasteiger partial charge in [0.1, 0.15) is 5.54 Å². The Bertz CT molecular complexity index is 590. The van der Waals surface area contributed by atoms with Crippen molar-refractivity contribution < 1.29 is 4.79 Å². The average Bonchev–Trinajstić information content (AvgIpc) is 2.55. The number of nitriles is 1. The molecule has 2 N–H and O–H groups in total. The Kier molecular flexibility index (Phi) is 6.04. The highest BCUT2D eigenvalue weighted by Gasteiger charge is 2.34. The number of carbonyl (C=O) groups excluding carboxylic acids is 1. The SMILES string of the molecule is C[C@H](N[C@H](C)C(=O)NC1(C#N)CCCCC1)c1ccccc1Cl. The summed E-state index contributed by atoms with van der Waals surface area (Å²) in [7, 11) is 0. The number of hydrogen-bond acceptors (Lipinski definition) is 3. The molecule has 1 saturated carbocycles. The lowest BCUT2D eigenvalue weighted by Crippen LogP contribution is -2.54. The van der Waals surface area contributed by atoms with E-state index in [4.69, 9.17) is 11.6 Å². The molecule has 0 heterocycles. The molecule has 23 heavy (non-hydrogen) atoms. The molecule has 0 aromatic heterocycles. The van der Waals surface area contributed by atoms with Crippen LogP contribution in [0.25, 0.3) is 0 Å². The summed E-state index contributed by atoms with van der Waals surface area (Å²) >= 11 is 6.20. The van der Waals surface area contributed by atoms with Gasteiger partial charge in [0.05, 0.1) is 12.1 Å². The van der Waals surface area contributed by atoms with Gasteiger partial charge in [-0.2, -0.15) is 5.26 Å². The Morgan fingerprint density at radius 3 is 2.52 bits per heavy atom. The van der Waals surface area contributed by atoms with Crippen LogP contribution in [-0.4, -0.2) is 17.5 Å². The molecule has 5 heteroatoms. The van der Waals surface area contributed by atoms with Crippen molar-refractivity contribution in [1.29, 1.82) is 5.26 Å². The Balaban J connectivity index is 1.97. The Hall–Kier alpha value is -1.57. The lowest BCUT2D eigenvalue weighted by Gasteiger charge is -2.33. The number of halogens is 1. The highest BCUT2D eigenvalue weighted by atomic mass is 35.5. The van der Waals surface area contributed by atoms with E-state index in [-0.39, 0.29) is 11.9 Å². The molecule has 0 radical (unpaired) electrons. The molecular formula is C18H24ClN3O. The summed E-state index contributed by atoms with van der Waals surface area (Å²) in [4.78, 5) is 12.5. The molecule has 1 amide bonds. The van der Waals surface area contributed by atoms with Gasteiger partial charge in [0.25, 0.3) is 0 Å². The van der Waals surface area contributed by atoms with E-state index < -0.39 is 11.6 Å². The quantitative estimate of drug-likeness (QED) is 0.863. The number of rotatable bonds is 5. The van der Waals surface area contributed by atoms with Crippen LogP contribution >= 0.6 is 11.6 Å². The maximum absolute atomic E-state index is 12.5. The van der Waals surface area contributed by atoms with Crippen molar-refractivity contribution >= 4 is 17.5 Å². The maximum atomic E-state index is 12.5. The van der Waals surface area contributed by atoms with Crippen molar-refractivity contribution in [2.24, 2.45) is 0 Å². The van der Waals surface area contributed by atoms with Crippen molar-refractivity contribution in [2.75, 3.05) is 0 Å². The van der Waals surface area contributed by atoms with Gasteiger partial charge < -0.3 is 5.32 Å². The largest absolute Gasteiger partial charge is 0.336 e. The van der Waals surface area contributed by atoms with Crippen LogP contribution in [0.3, 0.4) is 0 Å². The number of nitrogens with one attached hydrogen (secondary N) is 2. The zero-order chi connectivity index (χ0) is 16.9. The van der Waals surface area contributed by atoms with E-state index >= 15 is 0 Å². The highest BCUT2D eigenvalue weighted by molar-refractivity contribution is 6.31. The van der Waals surface area contributed by atoms with Gasteiger partial charge >= 0.3 is 0 Å². The molecule has 1 aliphatic rings.